The van der Waals surface area contributed by atoms with Crippen LogP contribution < -0.4 is 0 Å². The molecular weight excluding hydrogens is 462 g/mol. The summed E-state index contributed by atoms with van der Waals surface area (Å²) < 4.78 is 0. The summed E-state index contributed by atoms with van der Waals surface area (Å²) in [6.07, 6.45) is 20.4. The molecule has 0 radical (unpaired) electrons. The number of unbranched alkanes of at least 4 members (excludes halogenated alkanes) is 10. The Morgan fingerprint density at radius 3 is 2.08 bits per heavy atom. The van der Waals surface area contributed by atoms with Crippen molar-refractivity contribution in [1.82, 2.24) is 4.90 Å². The number of hydrogen-bond donors (Lipinski definition) is 1. The van der Waals surface area contributed by atoms with Crippen LogP contribution >= 0.6 is 0 Å². The van der Waals surface area contributed by atoms with Crippen LogP contribution in [0.15, 0.2) is 66.7 Å². The molecule has 3 atom stereocenters. The highest BCUT2D eigenvalue weighted by molar-refractivity contribution is 5.88. The van der Waals surface area contributed by atoms with E-state index < -0.39 is 0 Å². The summed E-state index contributed by atoms with van der Waals surface area (Å²) in [6.45, 7) is 4.70. The van der Waals surface area contributed by atoms with Gasteiger partial charge in [0, 0.05) is 17.6 Å². The maximum absolute atomic E-state index is 11.3. The smallest absolute Gasteiger partial charge is 0.121 e. The predicted molar refractivity (Wildman–Crippen MR) is 164 cm³/mol. The molecule has 1 fully saturated rings. The number of rotatable bonds is 15. The Labute approximate surface area is 232 Å². The molecule has 0 bridgehead atoms. The second-order valence-electron chi connectivity index (χ2n) is 11.7. The van der Waals surface area contributed by atoms with Crippen molar-refractivity contribution in [3.8, 4) is 5.75 Å². The molecule has 3 aromatic carbocycles. The van der Waals surface area contributed by atoms with Crippen LogP contribution in [0.2, 0.25) is 0 Å². The van der Waals surface area contributed by atoms with Crippen LogP contribution in [-0.2, 0) is 0 Å². The number of piperidine rings is 1. The summed E-state index contributed by atoms with van der Waals surface area (Å²) in [5.41, 5.74) is 2.36. The first-order valence-corrected chi connectivity index (χ1v) is 15.7. The van der Waals surface area contributed by atoms with Crippen molar-refractivity contribution < 1.29 is 5.11 Å². The van der Waals surface area contributed by atoms with Crippen molar-refractivity contribution in [3.63, 3.8) is 0 Å². The van der Waals surface area contributed by atoms with Crippen molar-refractivity contribution in [2.45, 2.75) is 128 Å². The summed E-state index contributed by atoms with van der Waals surface area (Å²) in [7, 11) is 0. The van der Waals surface area contributed by atoms with E-state index in [2.05, 4.69) is 79.4 Å². The van der Waals surface area contributed by atoms with Gasteiger partial charge >= 0.3 is 0 Å². The molecule has 1 aliphatic heterocycles. The van der Waals surface area contributed by atoms with Gasteiger partial charge in [0.1, 0.15) is 5.75 Å². The average molecular weight is 514 g/mol. The number of nitrogens with zero attached hydrogens (tertiary/aromatic N) is 1. The van der Waals surface area contributed by atoms with E-state index in [1.54, 1.807) is 0 Å². The summed E-state index contributed by atoms with van der Waals surface area (Å²) >= 11 is 0. The number of aromatic hydroxyl groups is 1. The number of phenols is 1. The molecule has 1 aliphatic rings. The molecule has 0 amide bonds. The lowest BCUT2D eigenvalue weighted by atomic mass is 9.85. The highest BCUT2D eigenvalue weighted by Gasteiger charge is 2.36. The maximum Gasteiger partial charge on any atom is 0.121 e. The highest BCUT2D eigenvalue weighted by Crippen LogP contribution is 2.44. The van der Waals surface area contributed by atoms with Gasteiger partial charge in [-0.1, -0.05) is 145 Å². The molecule has 4 rings (SSSR count). The number of likely N-dealkylation sites (tertiary alicyclic amines) is 1. The second kappa shape index (κ2) is 15.3. The van der Waals surface area contributed by atoms with Gasteiger partial charge in [-0.3, -0.25) is 4.90 Å². The average Bonchev–Trinajstić information content (AvgIpc) is 2.94. The lowest BCUT2D eigenvalue weighted by molar-refractivity contribution is 0.0546. The molecule has 0 aromatic heterocycles. The fraction of sp³-hybridized carbons (Fsp3) is 0.556. The van der Waals surface area contributed by atoms with E-state index >= 15 is 0 Å². The van der Waals surface area contributed by atoms with Gasteiger partial charge in [-0.25, -0.2) is 0 Å². The van der Waals surface area contributed by atoms with E-state index in [0.717, 1.165) is 5.56 Å². The van der Waals surface area contributed by atoms with Crippen LogP contribution in [0.3, 0.4) is 0 Å². The predicted octanol–water partition coefficient (Wildman–Crippen LogP) is 10.6. The molecule has 2 heteroatoms. The zero-order chi connectivity index (χ0) is 26.6. The van der Waals surface area contributed by atoms with Crippen LogP contribution in [0.4, 0.5) is 0 Å². The van der Waals surface area contributed by atoms with Crippen molar-refractivity contribution in [1.29, 1.82) is 0 Å². The van der Waals surface area contributed by atoms with E-state index in [1.807, 2.05) is 6.07 Å². The van der Waals surface area contributed by atoms with E-state index in [-0.39, 0.29) is 6.04 Å². The Kier molecular flexibility index (Phi) is 11.6. The number of hydrogen-bond acceptors (Lipinski definition) is 2. The van der Waals surface area contributed by atoms with Gasteiger partial charge < -0.3 is 5.11 Å². The second-order valence-corrected chi connectivity index (χ2v) is 11.7. The minimum atomic E-state index is 0.0651. The van der Waals surface area contributed by atoms with Crippen LogP contribution in [0.25, 0.3) is 10.8 Å². The molecular formula is C36H51NO. The first-order chi connectivity index (χ1) is 18.7. The molecule has 0 spiro atoms. The largest absolute Gasteiger partial charge is 0.508 e. The third kappa shape index (κ3) is 7.63. The van der Waals surface area contributed by atoms with Gasteiger partial charge in [-0.2, -0.15) is 0 Å². The number of benzene rings is 3. The third-order valence-corrected chi connectivity index (χ3v) is 8.87. The molecule has 38 heavy (non-hydrogen) atoms. The molecule has 1 heterocycles. The Balaban J connectivity index is 1.45. The van der Waals surface area contributed by atoms with Crippen LogP contribution in [-0.4, -0.2) is 22.1 Å². The fourth-order valence-electron chi connectivity index (χ4n) is 6.80. The Hall–Kier alpha value is -2.32. The Bertz CT molecular complexity index is 1080. The molecule has 0 aliphatic carbocycles. The molecule has 2 nitrogen and oxygen atoms in total. The third-order valence-electron chi connectivity index (χ3n) is 8.87. The SMILES string of the molecule is CCCCCCCCCCCCC[C@@H]1CCC[C@H](C)N1[C@H](c1ccccc1)c1c(O)ccc2ccccc12. The first kappa shape index (κ1) is 28.7. The highest BCUT2D eigenvalue weighted by atomic mass is 16.3. The van der Waals surface area contributed by atoms with Gasteiger partial charge in [0.15, 0.2) is 0 Å². The van der Waals surface area contributed by atoms with Crippen LogP contribution in [0.5, 0.6) is 5.75 Å². The molecule has 206 valence electrons. The minimum absolute atomic E-state index is 0.0651. The molecule has 1 saturated heterocycles. The van der Waals surface area contributed by atoms with Crippen molar-refractivity contribution in [2.24, 2.45) is 0 Å². The summed E-state index contributed by atoms with van der Waals surface area (Å²) in [4.78, 5) is 2.77. The standard InChI is InChI=1S/C36H51NO/c1-3-4-5-6-7-8-9-10-11-12-16-24-32-25-19-20-29(2)37(32)36(31-22-14-13-15-23-31)35-33-26-18-17-21-30(33)27-28-34(35)38/h13-15,17-18,21-23,26-29,32,36,38H,3-12,16,19-20,24-25H2,1-2H3/t29-,32+,36+/m0/s1. The van der Waals surface area contributed by atoms with Crippen LogP contribution in [0, 0.1) is 0 Å². The fourth-order valence-corrected chi connectivity index (χ4v) is 6.80. The normalized spacial score (nSPS) is 19.1. The Morgan fingerprint density at radius 2 is 1.37 bits per heavy atom. The van der Waals surface area contributed by atoms with Gasteiger partial charge in [0.25, 0.3) is 0 Å². The van der Waals surface area contributed by atoms with Gasteiger partial charge in [-0.15, -0.1) is 0 Å². The molecule has 1 N–H and O–H groups in total. The monoisotopic (exact) mass is 513 g/mol. The molecule has 3 aromatic rings. The van der Waals surface area contributed by atoms with E-state index in [4.69, 9.17) is 0 Å². The first-order valence-electron chi connectivity index (χ1n) is 15.7. The topological polar surface area (TPSA) is 23.5 Å². The van der Waals surface area contributed by atoms with Crippen LogP contribution in [0.1, 0.15) is 127 Å². The molecule has 0 unspecified atom stereocenters. The van der Waals surface area contributed by atoms with Crippen molar-refractivity contribution in [3.05, 3.63) is 77.9 Å². The zero-order valence-electron chi connectivity index (χ0n) is 24.1. The van der Waals surface area contributed by atoms with Gasteiger partial charge in [-0.05, 0) is 48.6 Å². The minimum Gasteiger partial charge on any atom is -0.508 e. The zero-order valence-corrected chi connectivity index (χ0v) is 24.1. The van der Waals surface area contributed by atoms with Crippen molar-refractivity contribution >= 4 is 10.8 Å². The quantitative estimate of drug-likeness (QED) is 0.204. The summed E-state index contributed by atoms with van der Waals surface area (Å²) in [5, 5.41) is 13.7. The maximum atomic E-state index is 11.3. The van der Waals surface area contributed by atoms with E-state index in [0.29, 0.717) is 17.8 Å². The van der Waals surface area contributed by atoms with Crippen molar-refractivity contribution in [2.75, 3.05) is 0 Å². The number of phenolic OH excluding ortho intramolecular Hbond substituents is 1. The summed E-state index contributed by atoms with van der Waals surface area (Å²) in [6, 6.07) is 24.5. The van der Waals surface area contributed by atoms with E-state index in [9.17, 15) is 5.11 Å². The number of fused-ring (bicyclic) bond motifs is 1. The van der Waals surface area contributed by atoms with Gasteiger partial charge in [0.05, 0.1) is 6.04 Å². The summed E-state index contributed by atoms with van der Waals surface area (Å²) in [5.74, 6) is 0.420. The lowest BCUT2D eigenvalue weighted by Crippen LogP contribution is -2.47. The van der Waals surface area contributed by atoms with E-state index in [1.165, 1.54) is 113 Å². The molecule has 0 saturated carbocycles. The Morgan fingerprint density at radius 1 is 0.737 bits per heavy atom. The lowest BCUT2D eigenvalue weighted by Gasteiger charge is -2.46. The van der Waals surface area contributed by atoms with Gasteiger partial charge in [0.2, 0.25) is 0 Å².